The summed E-state index contributed by atoms with van der Waals surface area (Å²) in [6, 6.07) is 10.9. The number of rotatable bonds is 4. The van der Waals surface area contributed by atoms with Crippen LogP contribution in [0.5, 0.6) is 5.75 Å². The minimum Gasteiger partial charge on any atom is -0.490 e. The minimum atomic E-state index is -0.623. The average Bonchev–Trinajstić information content (AvgIpc) is 2.75. The Morgan fingerprint density at radius 2 is 1.70 bits per heavy atom. The molecule has 0 saturated heterocycles. The Hall–Kier alpha value is -3.02. The molecule has 0 unspecified atom stereocenters. The van der Waals surface area contributed by atoms with Crippen molar-refractivity contribution in [2.75, 3.05) is 28.7 Å². The van der Waals surface area contributed by atoms with Crippen molar-refractivity contribution in [2.24, 2.45) is 11.3 Å². The summed E-state index contributed by atoms with van der Waals surface area (Å²) in [6.07, 6.45) is 0. The highest BCUT2D eigenvalue weighted by molar-refractivity contribution is 6.02. The molecule has 1 aliphatic heterocycles. The van der Waals surface area contributed by atoms with Gasteiger partial charge in [-0.2, -0.15) is 0 Å². The number of aryl methyl sites for hydroxylation is 2. The van der Waals surface area contributed by atoms with E-state index in [1.165, 1.54) is 5.56 Å². The normalized spacial score (nSPS) is 15.3. The van der Waals surface area contributed by atoms with E-state index in [-0.39, 0.29) is 18.5 Å². The quantitative estimate of drug-likeness (QED) is 0.715. The zero-order chi connectivity index (χ0) is 22.1. The van der Waals surface area contributed by atoms with Crippen molar-refractivity contribution in [1.82, 2.24) is 0 Å². The van der Waals surface area contributed by atoms with Crippen molar-refractivity contribution in [3.63, 3.8) is 0 Å². The number of hydrogen-bond donors (Lipinski definition) is 2. The van der Waals surface area contributed by atoms with Gasteiger partial charge in [-0.05, 0) is 69.0 Å². The van der Waals surface area contributed by atoms with Gasteiger partial charge in [-0.3, -0.25) is 4.79 Å². The average molecular weight is 410 g/mol. The molecule has 2 N–H and O–H groups in total. The van der Waals surface area contributed by atoms with Crippen molar-refractivity contribution in [3.05, 3.63) is 47.5 Å². The highest BCUT2D eigenvalue weighted by atomic mass is 16.5. The van der Waals surface area contributed by atoms with Crippen LogP contribution in [0.1, 0.15) is 38.8 Å². The van der Waals surface area contributed by atoms with Crippen LogP contribution in [0, 0.1) is 25.2 Å². The summed E-state index contributed by atoms with van der Waals surface area (Å²) in [5.41, 5.74) is 3.74. The molecular formula is C24H31N3O3. The van der Waals surface area contributed by atoms with Gasteiger partial charge >= 0.3 is 6.03 Å². The molecule has 3 amide bonds. The second-order valence-electron chi connectivity index (χ2n) is 9.04. The van der Waals surface area contributed by atoms with E-state index in [4.69, 9.17) is 4.74 Å². The first-order chi connectivity index (χ1) is 14.1. The number of carbonyl (C=O) groups is 2. The molecule has 0 bridgehead atoms. The van der Waals surface area contributed by atoms with Crippen molar-refractivity contribution in [2.45, 2.75) is 41.5 Å². The van der Waals surface area contributed by atoms with Crippen LogP contribution in [0.2, 0.25) is 0 Å². The molecule has 0 aliphatic carbocycles. The molecule has 0 atom stereocenters. The summed E-state index contributed by atoms with van der Waals surface area (Å²) in [7, 11) is 0. The Labute approximate surface area is 178 Å². The predicted octanol–water partition coefficient (Wildman–Crippen LogP) is 5.36. The molecule has 0 radical (unpaired) electrons. The van der Waals surface area contributed by atoms with Crippen LogP contribution in [0.4, 0.5) is 21.9 Å². The molecule has 3 rings (SSSR count). The molecule has 0 saturated carbocycles. The molecule has 1 aliphatic rings. The van der Waals surface area contributed by atoms with E-state index in [0.29, 0.717) is 23.9 Å². The standard InChI is InChI=1S/C24H31N3O3/c1-15(2)13-27-20-10-9-19(12-21(20)30-14-24(5,6)22(27)28)26-23(29)25-18-8-7-16(3)17(4)11-18/h7-12,15H,13-14H2,1-6H3,(H2,25,26,29). The maximum atomic E-state index is 13.0. The number of carbonyl (C=O) groups excluding carboxylic acids is 2. The number of urea groups is 1. The van der Waals surface area contributed by atoms with E-state index < -0.39 is 5.41 Å². The lowest BCUT2D eigenvalue weighted by Gasteiger charge is -2.29. The number of fused-ring (bicyclic) bond motifs is 1. The molecule has 2 aromatic carbocycles. The highest BCUT2D eigenvalue weighted by Gasteiger charge is 2.38. The van der Waals surface area contributed by atoms with Crippen LogP contribution in [0.3, 0.4) is 0 Å². The van der Waals surface area contributed by atoms with Crippen LogP contribution in [0.15, 0.2) is 36.4 Å². The maximum Gasteiger partial charge on any atom is 0.323 e. The summed E-state index contributed by atoms with van der Waals surface area (Å²) in [4.78, 5) is 27.3. The van der Waals surface area contributed by atoms with Crippen LogP contribution in [-0.2, 0) is 4.79 Å². The molecule has 0 spiro atoms. The summed E-state index contributed by atoms with van der Waals surface area (Å²) in [5, 5.41) is 5.70. The summed E-state index contributed by atoms with van der Waals surface area (Å²) < 4.78 is 5.98. The number of hydrogen-bond acceptors (Lipinski definition) is 3. The minimum absolute atomic E-state index is 0.0446. The third-order valence-electron chi connectivity index (χ3n) is 5.23. The Morgan fingerprint density at radius 1 is 1.07 bits per heavy atom. The lowest BCUT2D eigenvalue weighted by atomic mass is 9.92. The van der Waals surface area contributed by atoms with Crippen LogP contribution in [-0.4, -0.2) is 25.1 Å². The molecule has 6 nitrogen and oxygen atoms in total. The number of amides is 3. The van der Waals surface area contributed by atoms with Gasteiger partial charge in [-0.15, -0.1) is 0 Å². The number of anilines is 3. The van der Waals surface area contributed by atoms with E-state index >= 15 is 0 Å². The predicted molar refractivity (Wildman–Crippen MR) is 121 cm³/mol. The number of benzene rings is 2. The van der Waals surface area contributed by atoms with E-state index in [2.05, 4.69) is 24.5 Å². The number of nitrogens with zero attached hydrogens (tertiary/aromatic N) is 1. The lowest BCUT2D eigenvalue weighted by Crippen LogP contribution is -2.43. The van der Waals surface area contributed by atoms with Crippen LogP contribution >= 0.6 is 0 Å². The second kappa shape index (κ2) is 8.38. The maximum absolute atomic E-state index is 13.0. The van der Waals surface area contributed by atoms with Gasteiger partial charge in [0, 0.05) is 24.0 Å². The van der Waals surface area contributed by atoms with Gasteiger partial charge in [0.05, 0.1) is 11.1 Å². The van der Waals surface area contributed by atoms with E-state index in [1.54, 1.807) is 17.0 Å². The molecule has 0 aromatic heterocycles. The second-order valence-corrected chi connectivity index (χ2v) is 9.04. The summed E-state index contributed by atoms with van der Waals surface area (Å²) in [5.74, 6) is 0.957. The monoisotopic (exact) mass is 409 g/mol. The largest absolute Gasteiger partial charge is 0.490 e. The molecule has 2 aromatic rings. The molecule has 0 fully saturated rings. The van der Waals surface area contributed by atoms with Gasteiger partial charge in [0.15, 0.2) is 0 Å². The fraction of sp³-hybridized carbons (Fsp3) is 0.417. The molecule has 160 valence electrons. The van der Waals surface area contributed by atoms with Crippen molar-refractivity contribution < 1.29 is 14.3 Å². The Kier molecular flexibility index (Phi) is 6.06. The van der Waals surface area contributed by atoms with Crippen LogP contribution < -0.4 is 20.3 Å². The fourth-order valence-electron chi connectivity index (χ4n) is 3.38. The molecular weight excluding hydrogens is 378 g/mol. The molecule has 30 heavy (non-hydrogen) atoms. The van der Waals surface area contributed by atoms with Gasteiger partial charge in [-0.25, -0.2) is 4.79 Å². The highest BCUT2D eigenvalue weighted by Crippen LogP contribution is 2.38. The summed E-state index contributed by atoms with van der Waals surface area (Å²) >= 11 is 0. The zero-order valence-corrected chi connectivity index (χ0v) is 18.6. The molecule has 1 heterocycles. The fourth-order valence-corrected chi connectivity index (χ4v) is 3.38. The Morgan fingerprint density at radius 3 is 2.33 bits per heavy atom. The zero-order valence-electron chi connectivity index (χ0n) is 18.6. The first kappa shape index (κ1) is 21.7. The SMILES string of the molecule is Cc1ccc(NC(=O)Nc2ccc3c(c2)OCC(C)(C)C(=O)N3CC(C)C)cc1C. The summed E-state index contributed by atoms with van der Waals surface area (Å²) in [6.45, 7) is 12.9. The number of ether oxygens (including phenoxy) is 1. The topological polar surface area (TPSA) is 70.7 Å². The molecule has 6 heteroatoms. The van der Waals surface area contributed by atoms with Gasteiger partial charge < -0.3 is 20.3 Å². The van der Waals surface area contributed by atoms with Crippen molar-refractivity contribution in [3.8, 4) is 5.75 Å². The van der Waals surface area contributed by atoms with Gasteiger partial charge in [0.1, 0.15) is 12.4 Å². The third kappa shape index (κ3) is 4.75. The van der Waals surface area contributed by atoms with Crippen LogP contribution in [0.25, 0.3) is 0 Å². The van der Waals surface area contributed by atoms with Crippen molar-refractivity contribution >= 4 is 29.0 Å². The first-order valence-corrected chi connectivity index (χ1v) is 10.3. The lowest BCUT2D eigenvalue weighted by molar-refractivity contribution is -0.127. The Balaban J connectivity index is 1.81. The van der Waals surface area contributed by atoms with E-state index in [1.807, 2.05) is 52.0 Å². The van der Waals surface area contributed by atoms with E-state index in [0.717, 1.165) is 16.9 Å². The van der Waals surface area contributed by atoms with Crippen molar-refractivity contribution in [1.29, 1.82) is 0 Å². The third-order valence-corrected chi connectivity index (χ3v) is 5.23. The number of nitrogens with one attached hydrogen (secondary N) is 2. The van der Waals surface area contributed by atoms with Gasteiger partial charge in [-0.1, -0.05) is 19.9 Å². The smallest absolute Gasteiger partial charge is 0.323 e. The van der Waals surface area contributed by atoms with E-state index in [9.17, 15) is 9.59 Å². The van der Waals surface area contributed by atoms with Gasteiger partial charge in [0.2, 0.25) is 5.91 Å². The Bertz CT molecular complexity index is 966. The van der Waals surface area contributed by atoms with Gasteiger partial charge in [0.25, 0.3) is 0 Å². The first-order valence-electron chi connectivity index (χ1n) is 10.3.